The first-order valence-electron chi connectivity index (χ1n) is 5.83. The van der Waals surface area contributed by atoms with Gasteiger partial charge < -0.3 is 10.6 Å². The molecule has 14 heavy (non-hydrogen) atoms. The Bertz CT molecular complexity index is 252. The highest BCUT2D eigenvalue weighted by Crippen LogP contribution is 2.60. The summed E-state index contributed by atoms with van der Waals surface area (Å²) in [4.78, 5) is 0. The first-order chi connectivity index (χ1) is 6.78. The van der Waals surface area contributed by atoms with E-state index in [4.69, 9.17) is 12.2 Å². The summed E-state index contributed by atoms with van der Waals surface area (Å²) in [5.74, 6) is 1.03. The molecule has 3 aliphatic carbocycles. The van der Waals surface area contributed by atoms with Gasteiger partial charge in [0, 0.05) is 12.6 Å². The van der Waals surface area contributed by atoms with Crippen molar-refractivity contribution in [1.82, 2.24) is 10.6 Å². The minimum absolute atomic E-state index is 0.662. The first kappa shape index (κ1) is 8.96. The van der Waals surface area contributed by atoms with Crippen molar-refractivity contribution < 1.29 is 0 Å². The van der Waals surface area contributed by atoms with Crippen molar-refractivity contribution in [3.8, 4) is 0 Å². The molecule has 0 amide bonds. The Kier molecular flexibility index (Phi) is 1.98. The molecule has 3 fully saturated rings. The van der Waals surface area contributed by atoms with Crippen LogP contribution in [0.15, 0.2) is 0 Å². The van der Waals surface area contributed by atoms with Gasteiger partial charge >= 0.3 is 0 Å². The van der Waals surface area contributed by atoms with Gasteiger partial charge in [0.25, 0.3) is 0 Å². The van der Waals surface area contributed by atoms with Crippen LogP contribution in [0.25, 0.3) is 0 Å². The van der Waals surface area contributed by atoms with Gasteiger partial charge in [0.2, 0.25) is 0 Å². The predicted octanol–water partition coefficient (Wildman–Crippen LogP) is 1.80. The van der Waals surface area contributed by atoms with Crippen LogP contribution in [0.2, 0.25) is 0 Å². The minimum atomic E-state index is 0.662. The van der Waals surface area contributed by atoms with Crippen LogP contribution in [0.5, 0.6) is 0 Å². The van der Waals surface area contributed by atoms with Gasteiger partial charge in [-0.15, -0.1) is 0 Å². The summed E-state index contributed by atoms with van der Waals surface area (Å²) in [6.45, 7) is 1.12. The Balaban J connectivity index is 1.42. The molecule has 0 aliphatic heterocycles. The number of rotatable bonds is 4. The fourth-order valence-corrected chi connectivity index (χ4v) is 2.54. The van der Waals surface area contributed by atoms with E-state index in [-0.39, 0.29) is 0 Å². The summed E-state index contributed by atoms with van der Waals surface area (Å²) in [5.41, 5.74) is 0.662. The van der Waals surface area contributed by atoms with Gasteiger partial charge in [0.15, 0.2) is 5.11 Å². The van der Waals surface area contributed by atoms with Gasteiger partial charge in [-0.05, 0) is 62.1 Å². The second kappa shape index (κ2) is 3.09. The molecule has 0 aromatic heterocycles. The molecule has 0 saturated heterocycles. The maximum Gasteiger partial charge on any atom is 0.166 e. The third-order valence-electron chi connectivity index (χ3n) is 3.85. The lowest BCUT2D eigenvalue weighted by molar-refractivity contribution is 0.432. The lowest BCUT2D eigenvalue weighted by Crippen LogP contribution is -2.40. The summed E-state index contributed by atoms with van der Waals surface area (Å²) in [6, 6.07) is 0.686. The predicted molar refractivity (Wildman–Crippen MR) is 61.1 cm³/mol. The number of thiocarbonyl (C=S) groups is 1. The third-order valence-corrected chi connectivity index (χ3v) is 4.11. The smallest absolute Gasteiger partial charge is 0.166 e. The van der Waals surface area contributed by atoms with Crippen LogP contribution in [0.3, 0.4) is 0 Å². The Morgan fingerprint density at radius 2 is 1.93 bits per heavy atom. The third kappa shape index (κ3) is 1.88. The second-order valence-corrected chi connectivity index (χ2v) is 5.65. The Hall–Kier alpha value is -0.310. The minimum Gasteiger partial charge on any atom is -0.362 e. The van der Waals surface area contributed by atoms with Gasteiger partial charge in [-0.25, -0.2) is 0 Å². The maximum absolute atomic E-state index is 5.25. The van der Waals surface area contributed by atoms with Crippen LogP contribution in [0.1, 0.15) is 38.5 Å². The standard InChI is InChI=1S/C11H18N2S/c14-10(13-9-3-4-9)12-7-11(5-6-11)8-1-2-8/h8-9H,1-7H2,(H2,12,13,14). The zero-order chi connectivity index (χ0) is 9.60. The monoisotopic (exact) mass is 210 g/mol. The van der Waals surface area contributed by atoms with E-state index < -0.39 is 0 Å². The largest absolute Gasteiger partial charge is 0.362 e. The quantitative estimate of drug-likeness (QED) is 0.692. The Morgan fingerprint density at radius 1 is 1.21 bits per heavy atom. The molecule has 3 aliphatic rings. The van der Waals surface area contributed by atoms with Crippen LogP contribution in [-0.4, -0.2) is 17.7 Å². The van der Waals surface area contributed by atoms with Crippen LogP contribution in [0.4, 0.5) is 0 Å². The summed E-state index contributed by atoms with van der Waals surface area (Å²) >= 11 is 5.25. The molecule has 78 valence electrons. The lowest BCUT2D eigenvalue weighted by atomic mass is 10.0. The summed E-state index contributed by atoms with van der Waals surface area (Å²) < 4.78 is 0. The lowest BCUT2D eigenvalue weighted by Gasteiger charge is -2.16. The number of hydrogen-bond acceptors (Lipinski definition) is 1. The molecule has 2 nitrogen and oxygen atoms in total. The molecule has 3 heteroatoms. The average molecular weight is 210 g/mol. The van der Waals surface area contributed by atoms with E-state index in [1.165, 1.54) is 38.5 Å². The average Bonchev–Trinajstić information content (AvgIpc) is 2.93. The highest BCUT2D eigenvalue weighted by Gasteiger charge is 2.53. The van der Waals surface area contributed by atoms with Crippen molar-refractivity contribution in [1.29, 1.82) is 0 Å². The van der Waals surface area contributed by atoms with Gasteiger partial charge in [-0.3, -0.25) is 0 Å². The normalized spacial score (nSPS) is 28.3. The Morgan fingerprint density at radius 3 is 2.43 bits per heavy atom. The number of nitrogens with one attached hydrogen (secondary N) is 2. The van der Waals surface area contributed by atoms with Crippen LogP contribution in [0, 0.1) is 11.3 Å². The maximum atomic E-state index is 5.25. The molecule has 0 heterocycles. The van der Waals surface area contributed by atoms with Gasteiger partial charge in [-0.2, -0.15) is 0 Å². The van der Waals surface area contributed by atoms with Gasteiger partial charge in [0.05, 0.1) is 0 Å². The van der Waals surface area contributed by atoms with E-state index >= 15 is 0 Å². The molecule has 0 spiro atoms. The molecular weight excluding hydrogens is 192 g/mol. The first-order valence-corrected chi connectivity index (χ1v) is 6.24. The van der Waals surface area contributed by atoms with Crippen LogP contribution >= 0.6 is 12.2 Å². The molecule has 3 saturated carbocycles. The van der Waals surface area contributed by atoms with Crippen molar-refractivity contribution >= 4 is 17.3 Å². The van der Waals surface area contributed by atoms with Crippen molar-refractivity contribution in [3.63, 3.8) is 0 Å². The van der Waals surface area contributed by atoms with E-state index in [0.29, 0.717) is 11.5 Å². The fraction of sp³-hybridized carbons (Fsp3) is 0.909. The van der Waals surface area contributed by atoms with E-state index in [9.17, 15) is 0 Å². The fourth-order valence-electron chi connectivity index (χ4n) is 2.31. The highest BCUT2D eigenvalue weighted by atomic mass is 32.1. The summed E-state index contributed by atoms with van der Waals surface area (Å²) in [7, 11) is 0. The van der Waals surface area contributed by atoms with Gasteiger partial charge in [-0.1, -0.05) is 0 Å². The van der Waals surface area contributed by atoms with E-state index in [1.54, 1.807) is 0 Å². The molecule has 2 N–H and O–H groups in total. The SMILES string of the molecule is S=C(NCC1(C2CC2)CC1)NC1CC1. The van der Waals surface area contributed by atoms with Crippen LogP contribution < -0.4 is 10.6 Å². The summed E-state index contributed by atoms with van der Waals surface area (Å²) in [5, 5.41) is 7.62. The van der Waals surface area contributed by atoms with Crippen molar-refractivity contribution in [2.45, 2.75) is 44.6 Å². The Labute approximate surface area is 90.8 Å². The molecule has 0 radical (unpaired) electrons. The topological polar surface area (TPSA) is 24.1 Å². The number of hydrogen-bond donors (Lipinski definition) is 2. The van der Waals surface area contributed by atoms with Crippen LogP contribution in [-0.2, 0) is 0 Å². The molecule has 3 rings (SSSR count). The molecule has 0 aromatic rings. The van der Waals surface area contributed by atoms with E-state index in [1.807, 2.05) is 0 Å². The zero-order valence-electron chi connectivity index (χ0n) is 8.51. The van der Waals surface area contributed by atoms with Gasteiger partial charge in [0.1, 0.15) is 0 Å². The van der Waals surface area contributed by atoms with E-state index in [2.05, 4.69) is 10.6 Å². The van der Waals surface area contributed by atoms with Crippen molar-refractivity contribution in [2.24, 2.45) is 11.3 Å². The molecule has 0 atom stereocenters. The molecule has 0 bridgehead atoms. The highest BCUT2D eigenvalue weighted by molar-refractivity contribution is 7.80. The van der Waals surface area contributed by atoms with Crippen molar-refractivity contribution in [3.05, 3.63) is 0 Å². The second-order valence-electron chi connectivity index (χ2n) is 5.24. The van der Waals surface area contributed by atoms with Crippen molar-refractivity contribution in [2.75, 3.05) is 6.54 Å². The zero-order valence-corrected chi connectivity index (χ0v) is 9.33. The van der Waals surface area contributed by atoms with E-state index in [0.717, 1.165) is 17.6 Å². The summed E-state index contributed by atoms with van der Waals surface area (Å²) in [6.07, 6.45) is 8.38. The molecule has 0 unspecified atom stereocenters. The molecular formula is C11H18N2S. The molecule has 0 aromatic carbocycles.